The first kappa shape index (κ1) is 24.8. The van der Waals surface area contributed by atoms with Crippen LogP contribution in [0.3, 0.4) is 0 Å². The Morgan fingerprint density at radius 3 is 2.43 bits per heavy atom. The van der Waals surface area contributed by atoms with Crippen LogP contribution in [-0.4, -0.2) is 24.9 Å². The number of halogens is 2. The fourth-order valence-electron chi connectivity index (χ4n) is 2.74. The van der Waals surface area contributed by atoms with Crippen LogP contribution in [-0.2, 0) is 13.2 Å². The summed E-state index contributed by atoms with van der Waals surface area (Å²) < 4.78 is 12.8. The second-order valence-electron chi connectivity index (χ2n) is 6.57. The van der Waals surface area contributed by atoms with Crippen molar-refractivity contribution < 1.29 is 14.6 Å². The van der Waals surface area contributed by atoms with Gasteiger partial charge in [0.2, 0.25) is 0 Å². The van der Waals surface area contributed by atoms with Crippen molar-refractivity contribution in [3.8, 4) is 11.5 Å². The third-order valence-corrected chi connectivity index (χ3v) is 4.80. The molecule has 0 bridgehead atoms. The summed E-state index contributed by atoms with van der Waals surface area (Å²) in [4.78, 5) is 0. The zero-order chi connectivity index (χ0) is 19.5. The molecule has 4 nitrogen and oxygen atoms in total. The summed E-state index contributed by atoms with van der Waals surface area (Å²) in [6.45, 7) is 7.13. The van der Waals surface area contributed by atoms with Crippen LogP contribution in [0.25, 0.3) is 0 Å². The summed E-state index contributed by atoms with van der Waals surface area (Å²) >= 11 is 3.64. The van der Waals surface area contributed by atoms with Crippen molar-refractivity contribution in [3.05, 3.63) is 57.6 Å². The highest BCUT2D eigenvalue weighted by Gasteiger charge is 2.12. The normalized spacial score (nSPS) is 10.4. The standard InChI is InChI=1S/C22H30BrNO3.ClH/c1-3-26-21-14-19(15-24-11-5-4-6-12-25)13-20(23)22(21)27-16-18-9-7-17(2)8-10-18;/h7-10,13-14,24-25H,3-6,11-12,15-16H2,1-2H3;1H. The number of hydrogen-bond acceptors (Lipinski definition) is 4. The summed E-state index contributed by atoms with van der Waals surface area (Å²) in [5, 5.41) is 12.3. The molecule has 0 atom stereocenters. The maximum Gasteiger partial charge on any atom is 0.175 e. The number of aliphatic hydroxyl groups excluding tert-OH is 1. The smallest absolute Gasteiger partial charge is 0.175 e. The molecule has 0 aliphatic carbocycles. The molecule has 2 aromatic carbocycles. The Bertz CT molecular complexity index is 695. The molecule has 0 saturated carbocycles. The van der Waals surface area contributed by atoms with Gasteiger partial charge in [0.15, 0.2) is 11.5 Å². The van der Waals surface area contributed by atoms with Gasteiger partial charge >= 0.3 is 0 Å². The van der Waals surface area contributed by atoms with Crippen molar-refractivity contribution in [1.82, 2.24) is 5.32 Å². The predicted molar refractivity (Wildman–Crippen MR) is 121 cm³/mol. The molecule has 28 heavy (non-hydrogen) atoms. The van der Waals surface area contributed by atoms with Crippen molar-refractivity contribution >= 4 is 28.3 Å². The molecular formula is C22H31BrClNO3. The van der Waals surface area contributed by atoms with Gasteiger partial charge in [-0.15, -0.1) is 12.4 Å². The van der Waals surface area contributed by atoms with E-state index in [0.717, 1.165) is 59.5 Å². The molecule has 6 heteroatoms. The van der Waals surface area contributed by atoms with Gasteiger partial charge in [0.05, 0.1) is 11.1 Å². The summed E-state index contributed by atoms with van der Waals surface area (Å²) in [6, 6.07) is 12.5. The molecule has 0 spiro atoms. The Morgan fingerprint density at radius 1 is 1.00 bits per heavy atom. The van der Waals surface area contributed by atoms with Crippen molar-refractivity contribution in [2.45, 2.75) is 46.3 Å². The summed E-state index contributed by atoms with van der Waals surface area (Å²) in [5.74, 6) is 1.50. The van der Waals surface area contributed by atoms with E-state index in [-0.39, 0.29) is 19.0 Å². The van der Waals surface area contributed by atoms with Gasteiger partial charge in [0, 0.05) is 13.2 Å². The van der Waals surface area contributed by atoms with Crippen LogP contribution in [0, 0.1) is 6.92 Å². The topological polar surface area (TPSA) is 50.7 Å². The van der Waals surface area contributed by atoms with E-state index < -0.39 is 0 Å². The Hall–Kier alpha value is -1.27. The number of aliphatic hydroxyl groups is 1. The average Bonchev–Trinajstić information content (AvgIpc) is 2.65. The van der Waals surface area contributed by atoms with E-state index in [1.54, 1.807) is 0 Å². The Balaban J connectivity index is 0.00000392. The van der Waals surface area contributed by atoms with Crippen LogP contribution in [0.4, 0.5) is 0 Å². The fourth-order valence-corrected chi connectivity index (χ4v) is 3.34. The van der Waals surface area contributed by atoms with Gasteiger partial charge in [0.25, 0.3) is 0 Å². The molecule has 0 heterocycles. The zero-order valence-electron chi connectivity index (χ0n) is 16.7. The molecule has 2 N–H and O–H groups in total. The molecule has 0 aromatic heterocycles. The highest BCUT2D eigenvalue weighted by Crippen LogP contribution is 2.37. The van der Waals surface area contributed by atoms with Crippen LogP contribution in [0.5, 0.6) is 11.5 Å². The van der Waals surface area contributed by atoms with Gasteiger partial charge in [-0.05, 0) is 78.8 Å². The molecule has 0 radical (unpaired) electrons. The number of hydrogen-bond donors (Lipinski definition) is 2. The average molecular weight is 473 g/mol. The molecule has 156 valence electrons. The monoisotopic (exact) mass is 471 g/mol. The second-order valence-corrected chi connectivity index (χ2v) is 7.43. The van der Waals surface area contributed by atoms with Crippen molar-refractivity contribution in [2.24, 2.45) is 0 Å². The first-order chi connectivity index (χ1) is 13.1. The molecule has 0 unspecified atom stereocenters. The van der Waals surface area contributed by atoms with Crippen LogP contribution in [0.2, 0.25) is 0 Å². The van der Waals surface area contributed by atoms with E-state index in [0.29, 0.717) is 13.2 Å². The summed E-state index contributed by atoms with van der Waals surface area (Å²) in [6.07, 6.45) is 2.98. The second kappa shape index (κ2) is 13.8. The van der Waals surface area contributed by atoms with E-state index >= 15 is 0 Å². The molecular weight excluding hydrogens is 442 g/mol. The number of ether oxygens (including phenoxy) is 2. The lowest BCUT2D eigenvalue weighted by Gasteiger charge is -2.16. The number of rotatable bonds is 12. The number of benzene rings is 2. The molecule has 2 aromatic rings. The third kappa shape index (κ3) is 8.39. The SMILES string of the molecule is CCOc1cc(CNCCCCCO)cc(Br)c1OCc1ccc(C)cc1.Cl. The van der Waals surface area contributed by atoms with Gasteiger partial charge in [-0.25, -0.2) is 0 Å². The lowest BCUT2D eigenvalue weighted by molar-refractivity contribution is 0.267. The third-order valence-electron chi connectivity index (χ3n) is 4.21. The minimum Gasteiger partial charge on any atom is -0.490 e. The van der Waals surface area contributed by atoms with E-state index in [9.17, 15) is 0 Å². The van der Waals surface area contributed by atoms with Crippen LogP contribution in [0.15, 0.2) is 40.9 Å². The van der Waals surface area contributed by atoms with Crippen LogP contribution in [0.1, 0.15) is 42.9 Å². The van der Waals surface area contributed by atoms with Gasteiger partial charge < -0.3 is 19.9 Å². The molecule has 0 aliphatic heterocycles. The van der Waals surface area contributed by atoms with Crippen LogP contribution >= 0.6 is 28.3 Å². The van der Waals surface area contributed by atoms with Gasteiger partial charge in [0.1, 0.15) is 6.61 Å². The lowest BCUT2D eigenvalue weighted by atomic mass is 10.1. The maximum absolute atomic E-state index is 8.82. The van der Waals surface area contributed by atoms with Gasteiger partial charge in [-0.3, -0.25) is 0 Å². The molecule has 0 amide bonds. The maximum atomic E-state index is 8.82. The van der Waals surface area contributed by atoms with Crippen molar-refractivity contribution in [3.63, 3.8) is 0 Å². The van der Waals surface area contributed by atoms with Crippen molar-refractivity contribution in [2.75, 3.05) is 19.8 Å². The lowest BCUT2D eigenvalue weighted by Crippen LogP contribution is -2.15. The van der Waals surface area contributed by atoms with E-state index in [1.165, 1.54) is 5.56 Å². The van der Waals surface area contributed by atoms with E-state index in [4.69, 9.17) is 14.6 Å². The van der Waals surface area contributed by atoms with Gasteiger partial charge in [-0.1, -0.05) is 29.8 Å². The Labute approximate surface area is 183 Å². The highest BCUT2D eigenvalue weighted by atomic mass is 79.9. The number of unbranched alkanes of at least 4 members (excludes halogenated alkanes) is 2. The number of nitrogens with one attached hydrogen (secondary N) is 1. The van der Waals surface area contributed by atoms with E-state index in [1.807, 2.05) is 13.0 Å². The molecule has 0 fully saturated rings. The Kier molecular flexibility index (Phi) is 12.2. The zero-order valence-corrected chi connectivity index (χ0v) is 19.1. The highest BCUT2D eigenvalue weighted by molar-refractivity contribution is 9.10. The number of aryl methyl sites for hydroxylation is 1. The Morgan fingerprint density at radius 2 is 1.75 bits per heavy atom. The van der Waals surface area contributed by atoms with E-state index in [2.05, 4.69) is 58.5 Å². The predicted octanol–water partition coefficient (Wildman–Crippen LogP) is 5.41. The van der Waals surface area contributed by atoms with Crippen LogP contribution < -0.4 is 14.8 Å². The first-order valence-corrected chi connectivity index (χ1v) is 10.4. The molecule has 0 saturated heterocycles. The fraction of sp³-hybridized carbons (Fsp3) is 0.455. The van der Waals surface area contributed by atoms with Crippen molar-refractivity contribution in [1.29, 1.82) is 0 Å². The quantitative estimate of drug-likeness (QED) is 0.406. The summed E-state index contributed by atoms with van der Waals surface area (Å²) in [7, 11) is 0. The largest absolute Gasteiger partial charge is 0.490 e. The molecule has 0 aliphatic rings. The van der Waals surface area contributed by atoms with Gasteiger partial charge in [-0.2, -0.15) is 0 Å². The molecule has 2 rings (SSSR count). The summed E-state index contributed by atoms with van der Waals surface area (Å²) in [5.41, 5.74) is 3.52. The minimum atomic E-state index is 0. The first-order valence-electron chi connectivity index (χ1n) is 9.59. The minimum absolute atomic E-state index is 0.